The van der Waals surface area contributed by atoms with Gasteiger partial charge in [0.15, 0.2) is 0 Å². The predicted molar refractivity (Wildman–Crippen MR) is 60.0 cm³/mol. The number of carbonyl (C=O) groups excluding carboxylic acids is 2. The summed E-state index contributed by atoms with van der Waals surface area (Å²) in [6.07, 6.45) is 0.862. The van der Waals surface area contributed by atoms with Crippen LogP contribution in [-0.4, -0.2) is 49.7 Å². The highest BCUT2D eigenvalue weighted by Crippen LogP contribution is 2.03. The van der Waals surface area contributed by atoms with Gasteiger partial charge in [0.1, 0.15) is 6.04 Å². The van der Waals surface area contributed by atoms with Crippen LogP contribution in [0, 0.1) is 0 Å². The van der Waals surface area contributed by atoms with Crippen LogP contribution < -0.4 is 0 Å². The summed E-state index contributed by atoms with van der Waals surface area (Å²) in [7, 11) is 1.34. The third kappa shape index (κ3) is 5.11. The molecule has 1 atom stereocenters. The summed E-state index contributed by atoms with van der Waals surface area (Å²) in [5.41, 5.74) is 0. The molecule has 0 fully saturated rings. The zero-order valence-electron chi connectivity index (χ0n) is 10.5. The number of rotatable bonds is 7. The van der Waals surface area contributed by atoms with Crippen LogP contribution in [0.3, 0.4) is 0 Å². The molecule has 0 N–H and O–H groups in total. The first-order valence-electron chi connectivity index (χ1n) is 5.54. The lowest BCUT2D eigenvalue weighted by Gasteiger charge is -2.25. The van der Waals surface area contributed by atoms with E-state index >= 15 is 0 Å². The average molecular weight is 231 g/mol. The van der Waals surface area contributed by atoms with E-state index in [1.54, 1.807) is 18.7 Å². The fourth-order valence-corrected chi connectivity index (χ4v) is 1.39. The smallest absolute Gasteiger partial charge is 0.322 e. The largest absolute Gasteiger partial charge is 0.468 e. The Morgan fingerprint density at radius 3 is 2.38 bits per heavy atom. The van der Waals surface area contributed by atoms with Crippen molar-refractivity contribution in [2.45, 2.75) is 33.2 Å². The summed E-state index contributed by atoms with van der Waals surface area (Å²) in [4.78, 5) is 24.4. The number of carbonyl (C=O) groups is 2. The number of hydrogen-bond acceptors (Lipinski definition) is 5. The third-order valence-corrected chi connectivity index (χ3v) is 2.24. The summed E-state index contributed by atoms with van der Waals surface area (Å²) in [5.74, 6) is -0.649. The van der Waals surface area contributed by atoms with Crippen LogP contribution in [0.2, 0.25) is 0 Å². The van der Waals surface area contributed by atoms with Crippen molar-refractivity contribution in [2.75, 3.05) is 26.8 Å². The van der Waals surface area contributed by atoms with Gasteiger partial charge in [0.2, 0.25) is 0 Å². The minimum atomic E-state index is -0.422. The van der Waals surface area contributed by atoms with E-state index in [-0.39, 0.29) is 18.5 Å². The van der Waals surface area contributed by atoms with Crippen molar-refractivity contribution in [1.82, 2.24) is 4.90 Å². The number of nitrogens with zero attached hydrogens (tertiary/aromatic N) is 1. The van der Waals surface area contributed by atoms with E-state index in [1.165, 1.54) is 7.11 Å². The second-order valence-electron chi connectivity index (χ2n) is 3.47. The molecule has 0 aromatic carbocycles. The monoisotopic (exact) mass is 231 g/mol. The minimum absolute atomic E-state index is 0.123. The molecule has 0 saturated heterocycles. The first-order chi connectivity index (χ1) is 7.56. The zero-order valence-corrected chi connectivity index (χ0v) is 10.5. The summed E-state index contributed by atoms with van der Waals surface area (Å²) in [6, 6.07) is -0.422. The fraction of sp³-hybridized carbons (Fsp3) is 0.818. The van der Waals surface area contributed by atoms with Crippen molar-refractivity contribution < 1.29 is 19.1 Å². The molecule has 0 amide bonds. The summed E-state index contributed by atoms with van der Waals surface area (Å²) < 4.78 is 9.50. The molecule has 16 heavy (non-hydrogen) atoms. The van der Waals surface area contributed by atoms with Gasteiger partial charge in [0.25, 0.3) is 0 Å². The Bertz CT molecular complexity index is 230. The van der Waals surface area contributed by atoms with Crippen molar-refractivity contribution in [3.63, 3.8) is 0 Å². The third-order valence-electron chi connectivity index (χ3n) is 2.24. The molecular weight excluding hydrogens is 210 g/mol. The van der Waals surface area contributed by atoms with E-state index in [9.17, 15) is 9.59 Å². The number of esters is 2. The molecule has 0 radical (unpaired) electrons. The lowest BCUT2D eigenvalue weighted by atomic mass is 10.2. The van der Waals surface area contributed by atoms with E-state index in [4.69, 9.17) is 4.74 Å². The van der Waals surface area contributed by atoms with Crippen LogP contribution in [0.1, 0.15) is 27.2 Å². The second kappa shape index (κ2) is 8.10. The standard InChI is InChI=1S/C11H21NO4/c1-5-7-12(8-10(13)16-6-2)9(3)11(14)15-4/h9H,5-8H2,1-4H3. The zero-order chi connectivity index (χ0) is 12.6. The molecule has 5 nitrogen and oxygen atoms in total. The molecule has 0 rings (SSSR count). The van der Waals surface area contributed by atoms with Crippen molar-refractivity contribution in [1.29, 1.82) is 0 Å². The van der Waals surface area contributed by atoms with Gasteiger partial charge >= 0.3 is 11.9 Å². The molecule has 1 unspecified atom stereocenters. The van der Waals surface area contributed by atoms with Gasteiger partial charge < -0.3 is 9.47 Å². The van der Waals surface area contributed by atoms with E-state index < -0.39 is 6.04 Å². The van der Waals surface area contributed by atoms with Gasteiger partial charge in [-0.3, -0.25) is 14.5 Å². The topological polar surface area (TPSA) is 55.8 Å². The van der Waals surface area contributed by atoms with Crippen LogP contribution in [0.5, 0.6) is 0 Å². The molecule has 5 heteroatoms. The Morgan fingerprint density at radius 1 is 1.31 bits per heavy atom. The maximum Gasteiger partial charge on any atom is 0.322 e. The quantitative estimate of drug-likeness (QED) is 0.607. The Balaban J connectivity index is 4.35. The lowest BCUT2D eigenvalue weighted by molar-refractivity contribution is -0.150. The van der Waals surface area contributed by atoms with Crippen LogP contribution in [-0.2, 0) is 19.1 Å². The van der Waals surface area contributed by atoms with E-state index in [2.05, 4.69) is 4.74 Å². The van der Waals surface area contributed by atoms with Crippen molar-refractivity contribution in [3.05, 3.63) is 0 Å². The summed E-state index contributed by atoms with van der Waals surface area (Å²) >= 11 is 0. The SMILES string of the molecule is CCCN(CC(=O)OCC)C(C)C(=O)OC. The van der Waals surface area contributed by atoms with Gasteiger partial charge in [-0.25, -0.2) is 0 Å². The van der Waals surface area contributed by atoms with E-state index in [1.807, 2.05) is 6.92 Å². The molecule has 0 aliphatic heterocycles. The van der Waals surface area contributed by atoms with Crippen molar-refractivity contribution in [2.24, 2.45) is 0 Å². The average Bonchev–Trinajstić information content (AvgIpc) is 2.26. The summed E-state index contributed by atoms with van der Waals surface area (Å²) in [5, 5.41) is 0. The molecule has 0 aromatic heterocycles. The number of ether oxygens (including phenoxy) is 2. The molecule has 0 saturated carbocycles. The molecule has 0 aliphatic carbocycles. The number of methoxy groups -OCH3 is 1. The van der Waals surface area contributed by atoms with E-state index in [0.29, 0.717) is 13.2 Å². The summed E-state index contributed by atoms with van der Waals surface area (Å²) in [6.45, 7) is 6.60. The first-order valence-corrected chi connectivity index (χ1v) is 5.54. The van der Waals surface area contributed by atoms with Gasteiger partial charge in [0.05, 0.1) is 20.3 Å². The molecule has 0 heterocycles. The Morgan fingerprint density at radius 2 is 1.94 bits per heavy atom. The lowest BCUT2D eigenvalue weighted by Crippen LogP contribution is -2.43. The highest BCUT2D eigenvalue weighted by molar-refractivity contribution is 5.77. The minimum Gasteiger partial charge on any atom is -0.468 e. The Labute approximate surface area is 96.7 Å². The number of hydrogen-bond donors (Lipinski definition) is 0. The van der Waals surface area contributed by atoms with Crippen LogP contribution in [0.15, 0.2) is 0 Å². The molecule has 0 aromatic rings. The molecular formula is C11H21NO4. The predicted octanol–water partition coefficient (Wildman–Crippen LogP) is 0.823. The van der Waals surface area contributed by atoms with Crippen molar-refractivity contribution in [3.8, 4) is 0 Å². The van der Waals surface area contributed by atoms with Gasteiger partial charge in [0, 0.05) is 0 Å². The maximum absolute atomic E-state index is 11.4. The molecule has 0 aliphatic rings. The normalized spacial score (nSPS) is 12.3. The van der Waals surface area contributed by atoms with Gasteiger partial charge in [-0.15, -0.1) is 0 Å². The van der Waals surface area contributed by atoms with E-state index in [0.717, 1.165) is 6.42 Å². The molecule has 0 bridgehead atoms. The Kier molecular flexibility index (Phi) is 7.54. The van der Waals surface area contributed by atoms with Crippen LogP contribution in [0.4, 0.5) is 0 Å². The first kappa shape index (κ1) is 14.9. The highest BCUT2D eigenvalue weighted by Gasteiger charge is 2.23. The molecule has 0 spiro atoms. The fourth-order valence-electron chi connectivity index (χ4n) is 1.39. The van der Waals surface area contributed by atoms with Crippen molar-refractivity contribution >= 4 is 11.9 Å². The van der Waals surface area contributed by atoms with Gasteiger partial charge in [-0.1, -0.05) is 6.92 Å². The highest BCUT2D eigenvalue weighted by atomic mass is 16.5. The van der Waals surface area contributed by atoms with Gasteiger partial charge in [-0.05, 0) is 26.8 Å². The van der Waals surface area contributed by atoms with Crippen LogP contribution >= 0.6 is 0 Å². The second-order valence-corrected chi connectivity index (χ2v) is 3.47. The Hall–Kier alpha value is -1.10. The maximum atomic E-state index is 11.4. The van der Waals surface area contributed by atoms with Gasteiger partial charge in [-0.2, -0.15) is 0 Å². The van der Waals surface area contributed by atoms with Crippen LogP contribution in [0.25, 0.3) is 0 Å². The molecule has 94 valence electrons.